The lowest BCUT2D eigenvalue weighted by Crippen LogP contribution is -2.12. The number of carbonyl (C=O) groups excluding carboxylic acids is 1. The molecular formula is C19H17ClFN7O. The number of amides is 1. The lowest BCUT2D eigenvalue weighted by atomic mass is 10.1. The number of halogens is 2. The monoisotopic (exact) mass is 413 g/mol. The highest BCUT2D eigenvalue weighted by atomic mass is 35.5. The number of aryl methyl sites for hydroxylation is 1. The van der Waals surface area contributed by atoms with E-state index in [2.05, 4.69) is 21.5 Å². The van der Waals surface area contributed by atoms with Crippen molar-refractivity contribution in [3.05, 3.63) is 64.2 Å². The first-order chi connectivity index (χ1) is 13.9. The van der Waals surface area contributed by atoms with Crippen LogP contribution in [0.25, 0.3) is 5.69 Å². The zero-order valence-electron chi connectivity index (χ0n) is 15.2. The van der Waals surface area contributed by atoms with E-state index >= 15 is 0 Å². The minimum Gasteiger partial charge on any atom is -0.382 e. The van der Waals surface area contributed by atoms with Gasteiger partial charge in [-0.05, 0) is 43.2 Å². The van der Waals surface area contributed by atoms with E-state index in [-0.39, 0.29) is 27.8 Å². The molecule has 0 saturated heterocycles. The Kier molecular flexibility index (Phi) is 5.95. The molecule has 0 unspecified atom stereocenters. The molecule has 3 rings (SSSR count). The minimum atomic E-state index is -0.607. The summed E-state index contributed by atoms with van der Waals surface area (Å²) >= 11 is 6.09. The lowest BCUT2D eigenvalue weighted by Gasteiger charge is -2.07. The number of primary amides is 1. The van der Waals surface area contributed by atoms with Gasteiger partial charge in [0.2, 0.25) is 5.91 Å². The number of aromatic nitrogens is 3. The van der Waals surface area contributed by atoms with Gasteiger partial charge in [-0.2, -0.15) is 10.4 Å². The van der Waals surface area contributed by atoms with E-state index < -0.39 is 5.91 Å². The molecule has 10 heteroatoms. The number of nitriles is 1. The van der Waals surface area contributed by atoms with E-state index in [1.54, 1.807) is 0 Å². The van der Waals surface area contributed by atoms with Crippen molar-refractivity contribution in [1.82, 2.24) is 14.8 Å². The van der Waals surface area contributed by atoms with Crippen molar-refractivity contribution in [2.75, 3.05) is 17.6 Å². The molecule has 0 atom stereocenters. The number of hydrogen-bond donors (Lipinski definition) is 3. The van der Waals surface area contributed by atoms with E-state index in [1.807, 2.05) is 0 Å². The second kappa shape index (κ2) is 8.58. The maximum absolute atomic E-state index is 13.1. The van der Waals surface area contributed by atoms with Gasteiger partial charge in [0.05, 0.1) is 22.0 Å². The topological polar surface area (TPSA) is 136 Å². The summed E-state index contributed by atoms with van der Waals surface area (Å²) in [4.78, 5) is 15.2. The number of nitrogens with two attached hydrogens (primary N) is 2. The van der Waals surface area contributed by atoms with Crippen molar-refractivity contribution in [2.45, 2.75) is 12.8 Å². The number of anilines is 2. The van der Waals surface area contributed by atoms with Gasteiger partial charge in [0.15, 0.2) is 0 Å². The van der Waals surface area contributed by atoms with Crippen molar-refractivity contribution >= 4 is 29.1 Å². The van der Waals surface area contributed by atoms with Crippen LogP contribution in [0.15, 0.2) is 36.5 Å². The molecule has 1 amide bonds. The summed E-state index contributed by atoms with van der Waals surface area (Å²) < 4.78 is 14.5. The fraction of sp³-hybridized carbons (Fsp3) is 0.158. The molecule has 2 heterocycles. The summed E-state index contributed by atoms with van der Waals surface area (Å²) in [6.07, 6.45) is 2.44. The van der Waals surface area contributed by atoms with Crippen LogP contribution in [0.3, 0.4) is 0 Å². The average molecular weight is 414 g/mol. The van der Waals surface area contributed by atoms with Crippen molar-refractivity contribution < 1.29 is 9.18 Å². The molecule has 0 bridgehead atoms. The Morgan fingerprint density at radius 2 is 2.07 bits per heavy atom. The predicted octanol–water partition coefficient (Wildman–Crippen LogP) is 2.66. The van der Waals surface area contributed by atoms with Gasteiger partial charge in [0, 0.05) is 12.7 Å². The highest BCUT2D eigenvalue weighted by Crippen LogP contribution is 2.23. The van der Waals surface area contributed by atoms with Crippen LogP contribution >= 0.6 is 11.6 Å². The molecular weight excluding hydrogens is 397 g/mol. The van der Waals surface area contributed by atoms with Gasteiger partial charge >= 0.3 is 0 Å². The molecule has 0 saturated carbocycles. The number of nitrogen functional groups attached to an aromatic ring is 1. The van der Waals surface area contributed by atoms with E-state index in [0.717, 1.165) is 0 Å². The van der Waals surface area contributed by atoms with Crippen LogP contribution in [0.2, 0.25) is 5.02 Å². The Balaban J connectivity index is 1.67. The van der Waals surface area contributed by atoms with Crippen LogP contribution in [0.5, 0.6) is 0 Å². The average Bonchev–Trinajstić information content (AvgIpc) is 3.02. The molecule has 148 valence electrons. The summed E-state index contributed by atoms with van der Waals surface area (Å²) in [5.74, 6) is -0.353. The van der Waals surface area contributed by atoms with Crippen molar-refractivity contribution in [1.29, 1.82) is 5.26 Å². The normalized spacial score (nSPS) is 10.5. The maximum Gasteiger partial charge on any atom is 0.250 e. The zero-order valence-corrected chi connectivity index (χ0v) is 15.9. The first-order valence-electron chi connectivity index (χ1n) is 8.63. The molecule has 8 nitrogen and oxygen atoms in total. The number of carbonyl (C=O) groups is 1. The Morgan fingerprint density at radius 1 is 1.34 bits per heavy atom. The smallest absolute Gasteiger partial charge is 0.250 e. The SMILES string of the molecule is N#Cc1c(CCCNc2ncc(C(N)=O)cc2Cl)nn(-c2ccc(F)cc2)c1N. The molecule has 1 aromatic carbocycles. The van der Waals surface area contributed by atoms with Crippen molar-refractivity contribution in [3.63, 3.8) is 0 Å². The molecule has 0 aliphatic rings. The molecule has 0 radical (unpaired) electrons. The first-order valence-corrected chi connectivity index (χ1v) is 9.01. The van der Waals surface area contributed by atoms with Crippen LogP contribution < -0.4 is 16.8 Å². The molecule has 0 aliphatic carbocycles. The molecule has 5 N–H and O–H groups in total. The maximum atomic E-state index is 13.1. The van der Waals surface area contributed by atoms with E-state index in [1.165, 1.54) is 41.2 Å². The molecule has 2 aromatic heterocycles. The second-order valence-corrected chi connectivity index (χ2v) is 6.56. The van der Waals surface area contributed by atoms with Crippen LogP contribution in [0, 0.1) is 17.1 Å². The molecule has 0 spiro atoms. The summed E-state index contributed by atoms with van der Waals surface area (Å²) in [5.41, 5.74) is 12.8. The van der Waals surface area contributed by atoms with Crippen LogP contribution in [0.1, 0.15) is 28.0 Å². The van der Waals surface area contributed by atoms with Gasteiger partial charge in [-0.1, -0.05) is 11.6 Å². The molecule has 29 heavy (non-hydrogen) atoms. The summed E-state index contributed by atoms with van der Waals surface area (Å²) in [6.45, 7) is 0.497. The molecule has 0 fully saturated rings. The number of nitrogens with zero attached hydrogens (tertiary/aromatic N) is 4. The summed E-state index contributed by atoms with van der Waals surface area (Å²) in [6, 6.07) is 9.18. The van der Waals surface area contributed by atoms with Gasteiger partial charge in [0.1, 0.15) is 29.1 Å². The zero-order chi connectivity index (χ0) is 21.0. The summed E-state index contributed by atoms with van der Waals surface area (Å²) in [7, 11) is 0. The van der Waals surface area contributed by atoms with Gasteiger partial charge < -0.3 is 16.8 Å². The largest absolute Gasteiger partial charge is 0.382 e. The number of pyridine rings is 1. The fourth-order valence-electron chi connectivity index (χ4n) is 2.72. The summed E-state index contributed by atoms with van der Waals surface area (Å²) in [5, 5.41) is 17.2. The highest BCUT2D eigenvalue weighted by molar-refractivity contribution is 6.33. The van der Waals surface area contributed by atoms with E-state index in [4.69, 9.17) is 23.1 Å². The van der Waals surface area contributed by atoms with E-state index in [0.29, 0.717) is 36.6 Å². The third-order valence-electron chi connectivity index (χ3n) is 4.19. The Morgan fingerprint density at radius 3 is 2.69 bits per heavy atom. The van der Waals surface area contributed by atoms with Crippen molar-refractivity contribution in [2.24, 2.45) is 5.73 Å². The van der Waals surface area contributed by atoms with Gasteiger partial charge in [-0.3, -0.25) is 4.79 Å². The Labute approximate surface area is 170 Å². The van der Waals surface area contributed by atoms with Gasteiger partial charge in [0.25, 0.3) is 0 Å². The van der Waals surface area contributed by atoms with Crippen molar-refractivity contribution in [3.8, 4) is 11.8 Å². The van der Waals surface area contributed by atoms with Crippen LogP contribution in [0.4, 0.5) is 16.0 Å². The minimum absolute atomic E-state index is 0.203. The quantitative estimate of drug-likeness (QED) is 0.509. The number of nitrogens with one attached hydrogen (secondary N) is 1. The third-order valence-corrected chi connectivity index (χ3v) is 4.47. The van der Waals surface area contributed by atoms with Gasteiger partial charge in [-0.25, -0.2) is 14.1 Å². The molecule has 0 aliphatic heterocycles. The van der Waals surface area contributed by atoms with Crippen LogP contribution in [-0.4, -0.2) is 27.2 Å². The first kappa shape index (κ1) is 20.1. The second-order valence-electron chi connectivity index (χ2n) is 6.16. The lowest BCUT2D eigenvalue weighted by molar-refractivity contribution is 0.1000. The highest BCUT2D eigenvalue weighted by Gasteiger charge is 2.16. The van der Waals surface area contributed by atoms with Crippen LogP contribution in [-0.2, 0) is 6.42 Å². The fourth-order valence-corrected chi connectivity index (χ4v) is 2.95. The Bertz CT molecular complexity index is 1090. The number of hydrogen-bond acceptors (Lipinski definition) is 6. The number of benzene rings is 1. The third kappa shape index (κ3) is 4.44. The van der Waals surface area contributed by atoms with Gasteiger partial charge in [-0.15, -0.1) is 0 Å². The van der Waals surface area contributed by atoms with E-state index in [9.17, 15) is 14.4 Å². The standard InChI is InChI=1S/C19H17ClFN7O/c20-15-8-11(18(24)29)10-26-19(15)25-7-1-2-16-14(9-22)17(23)28(27-16)13-5-3-12(21)4-6-13/h3-6,8,10H,1-2,7,23H2,(H2,24,29)(H,25,26). The number of rotatable bonds is 7. The Hall–Kier alpha value is -3.64. The predicted molar refractivity (Wildman–Crippen MR) is 107 cm³/mol. The molecule has 3 aromatic rings.